The number of hydrogen-bond donors (Lipinski definition) is 0. The monoisotopic (exact) mass is 411 g/mol. The fourth-order valence-corrected chi connectivity index (χ4v) is 3.15. The molecule has 0 N–H and O–H groups in total. The van der Waals surface area contributed by atoms with Crippen molar-refractivity contribution in [3.05, 3.63) is 51.4 Å². The predicted molar refractivity (Wildman–Crippen MR) is 99.7 cm³/mol. The lowest BCUT2D eigenvalue weighted by atomic mass is 10.1. The SMILES string of the molecule is C/C=C(\C)c1cccn1CCc1cc(OC)c(OC)cc1I. The van der Waals surface area contributed by atoms with E-state index in [4.69, 9.17) is 9.47 Å². The van der Waals surface area contributed by atoms with Crippen LogP contribution in [0.4, 0.5) is 0 Å². The van der Waals surface area contributed by atoms with Crippen LogP contribution in [0.25, 0.3) is 5.57 Å². The van der Waals surface area contributed by atoms with Gasteiger partial charge in [-0.1, -0.05) is 6.08 Å². The largest absolute Gasteiger partial charge is 0.493 e. The van der Waals surface area contributed by atoms with E-state index in [1.807, 2.05) is 6.07 Å². The molecule has 1 aromatic heterocycles. The molecule has 0 saturated heterocycles. The first-order valence-corrected chi connectivity index (χ1v) is 8.37. The van der Waals surface area contributed by atoms with Gasteiger partial charge in [-0.25, -0.2) is 0 Å². The Morgan fingerprint density at radius 1 is 1.23 bits per heavy atom. The summed E-state index contributed by atoms with van der Waals surface area (Å²) in [6.07, 6.45) is 5.24. The summed E-state index contributed by atoms with van der Waals surface area (Å²) in [5, 5.41) is 0. The third-order valence-corrected chi connectivity index (χ3v) is 4.85. The second-order valence-electron chi connectivity index (χ2n) is 5.11. The molecule has 1 heterocycles. The molecule has 0 fully saturated rings. The molecule has 0 radical (unpaired) electrons. The van der Waals surface area contributed by atoms with Gasteiger partial charge in [-0.15, -0.1) is 0 Å². The van der Waals surface area contributed by atoms with Gasteiger partial charge in [-0.3, -0.25) is 0 Å². The molecule has 0 aliphatic carbocycles. The summed E-state index contributed by atoms with van der Waals surface area (Å²) >= 11 is 2.36. The number of nitrogens with zero attached hydrogens (tertiary/aromatic N) is 1. The van der Waals surface area contributed by atoms with Crippen molar-refractivity contribution in [2.24, 2.45) is 0 Å². The molecular weight excluding hydrogens is 389 g/mol. The second-order valence-corrected chi connectivity index (χ2v) is 6.27. The minimum atomic E-state index is 0.780. The lowest BCUT2D eigenvalue weighted by molar-refractivity contribution is 0.354. The van der Waals surface area contributed by atoms with Gasteiger partial charge in [0.15, 0.2) is 11.5 Å². The lowest BCUT2D eigenvalue weighted by Gasteiger charge is -2.14. The van der Waals surface area contributed by atoms with Crippen molar-refractivity contribution in [3.63, 3.8) is 0 Å². The van der Waals surface area contributed by atoms with E-state index in [1.54, 1.807) is 14.2 Å². The summed E-state index contributed by atoms with van der Waals surface area (Å²) in [4.78, 5) is 0. The highest BCUT2D eigenvalue weighted by atomic mass is 127. The molecule has 118 valence electrons. The molecule has 1 aromatic carbocycles. The number of benzene rings is 1. The van der Waals surface area contributed by atoms with E-state index < -0.39 is 0 Å². The summed E-state index contributed by atoms with van der Waals surface area (Å²) in [6.45, 7) is 5.16. The van der Waals surface area contributed by atoms with Crippen molar-refractivity contribution in [1.82, 2.24) is 4.57 Å². The molecule has 0 aliphatic rings. The van der Waals surface area contributed by atoms with Crippen LogP contribution in [0.3, 0.4) is 0 Å². The van der Waals surface area contributed by atoms with Gasteiger partial charge in [0, 0.05) is 22.0 Å². The molecule has 0 unspecified atom stereocenters. The van der Waals surface area contributed by atoms with Crippen molar-refractivity contribution >= 4 is 28.2 Å². The standard InChI is InChI=1S/C18H22INO2/c1-5-13(2)16-7-6-9-20(16)10-8-14-11-17(21-3)18(22-4)12-15(14)19/h5-7,9,11-12H,8,10H2,1-4H3/b13-5+. The molecule has 0 bridgehead atoms. The normalized spacial score (nSPS) is 11.6. The van der Waals surface area contributed by atoms with Gasteiger partial charge in [0.2, 0.25) is 0 Å². The predicted octanol–water partition coefficient (Wildman–Crippen LogP) is 4.78. The number of hydrogen-bond acceptors (Lipinski definition) is 2. The topological polar surface area (TPSA) is 23.4 Å². The average molecular weight is 411 g/mol. The number of methoxy groups -OCH3 is 2. The highest BCUT2D eigenvalue weighted by Gasteiger charge is 2.10. The number of rotatable bonds is 6. The van der Waals surface area contributed by atoms with E-state index in [-0.39, 0.29) is 0 Å². The summed E-state index contributed by atoms with van der Waals surface area (Å²) in [5.74, 6) is 1.57. The molecule has 0 spiro atoms. The smallest absolute Gasteiger partial charge is 0.161 e. The fraction of sp³-hybridized carbons (Fsp3) is 0.333. The Morgan fingerprint density at radius 2 is 1.91 bits per heavy atom. The maximum absolute atomic E-state index is 5.40. The maximum atomic E-state index is 5.40. The highest BCUT2D eigenvalue weighted by molar-refractivity contribution is 14.1. The number of aromatic nitrogens is 1. The van der Waals surface area contributed by atoms with Gasteiger partial charge < -0.3 is 14.0 Å². The van der Waals surface area contributed by atoms with Crippen LogP contribution < -0.4 is 9.47 Å². The molecule has 0 aliphatic heterocycles. The van der Waals surface area contributed by atoms with Gasteiger partial charge in [-0.2, -0.15) is 0 Å². The first-order chi connectivity index (χ1) is 10.6. The zero-order valence-corrected chi connectivity index (χ0v) is 15.7. The first-order valence-electron chi connectivity index (χ1n) is 7.29. The molecular formula is C18H22INO2. The Kier molecular flexibility index (Phi) is 5.94. The summed E-state index contributed by atoms with van der Waals surface area (Å²) in [7, 11) is 3.34. The van der Waals surface area contributed by atoms with Crippen LogP contribution in [0.15, 0.2) is 36.5 Å². The van der Waals surface area contributed by atoms with Crippen LogP contribution in [0.2, 0.25) is 0 Å². The zero-order chi connectivity index (χ0) is 16.1. The molecule has 2 rings (SSSR count). The second kappa shape index (κ2) is 7.72. The van der Waals surface area contributed by atoms with Crippen LogP contribution in [0.5, 0.6) is 11.5 Å². The van der Waals surface area contributed by atoms with Crippen LogP contribution >= 0.6 is 22.6 Å². The molecule has 0 saturated carbocycles. The molecule has 22 heavy (non-hydrogen) atoms. The Labute approximate surface area is 146 Å². The van der Waals surface area contributed by atoms with Crippen LogP contribution in [0, 0.1) is 3.57 Å². The van der Waals surface area contributed by atoms with Gasteiger partial charge in [-0.05, 0) is 78.3 Å². The van der Waals surface area contributed by atoms with Crippen LogP contribution in [-0.2, 0) is 13.0 Å². The number of ether oxygens (including phenoxy) is 2. The van der Waals surface area contributed by atoms with E-state index >= 15 is 0 Å². The molecule has 3 nitrogen and oxygen atoms in total. The van der Waals surface area contributed by atoms with E-state index in [9.17, 15) is 0 Å². The Hall–Kier alpha value is -1.43. The van der Waals surface area contributed by atoms with E-state index in [2.05, 4.69) is 71.5 Å². The van der Waals surface area contributed by atoms with Crippen molar-refractivity contribution < 1.29 is 9.47 Å². The summed E-state index contributed by atoms with van der Waals surface area (Å²) in [5.41, 5.74) is 3.85. The van der Waals surface area contributed by atoms with E-state index in [1.165, 1.54) is 20.4 Å². The molecule has 0 amide bonds. The molecule has 2 aromatic rings. The van der Waals surface area contributed by atoms with Gasteiger partial charge in [0.05, 0.1) is 14.2 Å². The Bertz CT molecular complexity index is 674. The van der Waals surface area contributed by atoms with Crippen molar-refractivity contribution in [3.8, 4) is 11.5 Å². The summed E-state index contributed by atoms with van der Waals surface area (Å²) < 4.78 is 14.2. The van der Waals surface area contributed by atoms with Crippen molar-refractivity contribution in [1.29, 1.82) is 0 Å². The van der Waals surface area contributed by atoms with E-state index in [0.29, 0.717) is 0 Å². The maximum Gasteiger partial charge on any atom is 0.161 e. The van der Waals surface area contributed by atoms with Gasteiger partial charge in [0.25, 0.3) is 0 Å². The molecule has 0 atom stereocenters. The third-order valence-electron chi connectivity index (χ3n) is 3.84. The average Bonchev–Trinajstić information content (AvgIpc) is 3.01. The van der Waals surface area contributed by atoms with Crippen molar-refractivity contribution in [2.75, 3.05) is 14.2 Å². The highest BCUT2D eigenvalue weighted by Crippen LogP contribution is 2.31. The molecule has 4 heteroatoms. The van der Waals surface area contributed by atoms with Crippen molar-refractivity contribution in [2.45, 2.75) is 26.8 Å². The van der Waals surface area contributed by atoms with Crippen LogP contribution in [-0.4, -0.2) is 18.8 Å². The Balaban J connectivity index is 2.20. The summed E-state index contributed by atoms with van der Waals surface area (Å²) in [6, 6.07) is 8.37. The zero-order valence-electron chi connectivity index (χ0n) is 13.5. The minimum absolute atomic E-state index is 0.780. The van der Waals surface area contributed by atoms with Gasteiger partial charge >= 0.3 is 0 Å². The van der Waals surface area contributed by atoms with Gasteiger partial charge in [0.1, 0.15) is 0 Å². The quantitative estimate of drug-likeness (QED) is 0.639. The number of aryl methyl sites for hydroxylation is 2. The lowest BCUT2D eigenvalue weighted by Crippen LogP contribution is -2.05. The minimum Gasteiger partial charge on any atom is -0.493 e. The number of allylic oxidation sites excluding steroid dienone is 2. The fourth-order valence-electron chi connectivity index (χ4n) is 2.44. The first kappa shape index (κ1) is 16.9. The van der Waals surface area contributed by atoms with Crippen LogP contribution in [0.1, 0.15) is 25.1 Å². The Morgan fingerprint density at radius 3 is 2.55 bits per heavy atom. The number of halogens is 1. The van der Waals surface area contributed by atoms with E-state index in [0.717, 1.165) is 24.5 Å². The third kappa shape index (κ3) is 3.66.